The highest BCUT2D eigenvalue weighted by molar-refractivity contribution is 5.78. The first-order chi connectivity index (χ1) is 20.2. The summed E-state index contributed by atoms with van der Waals surface area (Å²) in [7, 11) is 1.69. The van der Waals surface area contributed by atoms with Gasteiger partial charge in [0.2, 0.25) is 5.91 Å². The quantitative estimate of drug-likeness (QED) is 0.498. The summed E-state index contributed by atoms with van der Waals surface area (Å²) in [5.41, 5.74) is 6.78. The van der Waals surface area contributed by atoms with Gasteiger partial charge >= 0.3 is 0 Å². The van der Waals surface area contributed by atoms with Gasteiger partial charge in [-0.05, 0) is 67.4 Å². The third kappa shape index (κ3) is 6.69. The molecular formula is C32H40N6O3. The number of rotatable bonds is 2. The molecule has 0 radical (unpaired) electrons. The Morgan fingerprint density at radius 2 is 1.83 bits per heavy atom. The maximum atomic E-state index is 12.9. The monoisotopic (exact) mass is 556 g/mol. The maximum absolute atomic E-state index is 12.9. The highest BCUT2D eigenvalue weighted by Gasteiger charge is 2.26. The molecule has 216 valence electrons. The van der Waals surface area contributed by atoms with Crippen LogP contribution in [0.4, 0.5) is 5.69 Å². The fraction of sp³-hybridized carbons (Fsp3) is 0.469. The van der Waals surface area contributed by atoms with Gasteiger partial charge in [0.1, 0.15) is 11.6 Å². The first-order valence-corrected chi connectivity index (χ1v) is 14.8. The lowest BCUT2D eigenvalue weighted by atomic mass is 9.95. The number of nitrogens with zero attached hydrogens (tertiary/aromatic N) is 4. The highest BCUT2D eigenvalue weighted by Crippen LogP contribution is 2.29. The second kappa shape index (κ2) is 13.0. The van der Waals surface area contributed by atoms with Crippen LogP contribution in [-0.4, -0.2) is 80.4 Å². The maximum Gasteiger partial charge on any atom is 0.223 e. The van der Waals surface area contributed by atoms with Crippen LogP contribution in [0.5, 0.6) is 5.75 Å². The van der Waals surface area contributed by atoms with Gasteiger partial charge in [0.15, 0.2) is 0 Å². The van der Waals surface area contributed by atoms with E-state index in [9.17, 15) is 4.79 Å². The van der Waals surface area contributed by atoms with Crippen molar-refractivity contribution in [2.75, 3.05) is 64.5 Å². The molecule has 41 heavy (non-hydrogen) atoms. The molecule has 4 aliphatic rings. The molecule has 2 N–H and O–H groups in total. The second-order valence-electron chi connectivity index (χ2n) is 11.1. The number of nitrogens with one attached hydrogen (secondary N) is 2. The van der Waals surface area contributed by atoms with Crippen LogP contribution < -0.4 is 20.3 Å². The number of amides is 1. The van der Waals surface area contributed by atoms with Crippen molar-refractivity contribution < 1.29 is 14.3 Å². The minimum absolute atomic E-state index is 0.0747. The molecule has 9 nitrogen and oxygen atoms in total. The van der Waals surface area contributed by atoms with Gasteiger partial charge in [-0.1, -0.05) is 12.1 Å². The highest BCUT2D eigenvalue weighted by atomic mass is 16.5. The van der Waals surface area contributed by atoms with E-state index in [-0.39, 0.29) is 11.8 Å². The van der Waals surface area contributed by atoms with E-state index < -0.39 is 0 Å². The predicted octanol–water partition coefficient (Wildman–Crippen LogP) is 3.01. The summed E-state index contributed by atoms with van der Waals surface area (Å²) in [5.74, 6) is 1.88. The molecule has 2 fully saturated rings. The van der Waals surface area contributed by atoms with E-state index in [0.29, 0.717) is 26.1 Å². The summed E-state index contributed by atoms with van der Waals surface area (Å²) in [4.78, 5) is 27.4. The summed E-state index contributed by atoms with van der Waals surface area (Å²) in [6.07, 6.45) is 4.29. The molecule has 0 aliphatic carbocycles. The van der Waals surface area contributed by atoms with Gasteiger partial charge in [-0.25, -0.2) is 9.97 Å². The lowest BCUT2D eigenvalue weighted by Gasteiger charge is -2.34. The predicted molar refractivity (Wildman–Crippen MR) is 159 cm³/mol. The Balaban J connectivity index is 1.32. The second-order valence-corrected chi connectivity index (χ2v) is 11.1. The first-order valence-electron chi connectivity index (χ1n) is 14.8. The van der Waals surface area contributed by atoms with Gasteiger partial charge in [-0.3, -0.25) is 9.69 Å². The number of carbonyl (C=O) groups excluding carboxylic acids is 1. The van der Waals surface area contributed by atoms with Crippen LogP contribution in [0, 0.1) is 5.92 Å². The molecule has 0 saturated carbocycles. The van der Waals surface area contributed by atoms with Crippen molar-refractivity contribution in [2.45, 2.75) is 32.4 Å². The van der Waals surface area contributed by atoms with Gasteiger partial charge in [0.05, 0.1) is 26.0 Å². The van der Waals surface area contributed by atoms with E-state index in [1.165, 1.54) is 16.8 Å². The zero-order valence-electron chi connectivity index (χ0n) is 23.9. The van der Waals surface area contributed by atoms with Crippen molar-refractivity contribution in [3.05, 3.63) is 71.2 Å². The molecule has 2 saturated heterocycles. The minimum atomic E-state index is 0.0747. The summed E-state index contributed by atoms with van der Waals surface area (Å²) in [6, 6.07) is 14.9. The number of anilines is 1. The van der Waals surface area contributed by atoms with Crippen LogP contribution in [0.15, 0.2) is 48.7 Å². The number of hydrogen-bond donors (Lipinski definition) is 2. The average Bonchev–Trinajstić information content (AvgIpc) is 3.01. The standard InChI is InChI=1S/C32H40N6O3/c1-40-30-5-3-25-20-26(30)21-33-10-11-35-32(39)24-7-12-37(13-8-24)22-27-18-23(19-31-34-9-6-28(25)36-31)2-4-29(27)38-14-16-41-17-15-38/h2-6,9,18,20,24,33H,7-8,10-17,19,21-22H2,1H3,(H,35,39). The number of aromatic nitrogens is 2. The fourth-order valence-electron chi connectivity index (χ4n) is 6.13. The summed E-state index contributed by atoms with van der Waals surface area (Å²) in [6.45, 7) is 7.96. The largest absolute Gasteiger partial charge is 0.496 e. The Morgan fingerprint density at radius 3 is 2.66 bits per heavy atom. The van der Waals surface area contributed by atoms with Crippen molar-refractivity contribution in [1.82, 2.24) is 25.5 Å². The Bertz CT molecular complexity index is 1350. The van der Waals surface area contributed by atoms with Gasteiger partial charge < -0.3 is 25.0 Å². The first kappa shape index (κ1) is 27.6. The number of hydrogen-bond acceptors (Lipinski definition) is 8. The molecule has 4 aliphatic heterocycles. The molecule has 1 amide bonds. The normalized spacial score (nSPS) is 22.0. The number of ether oxygens (including phenoxy) is 2. The van der Waals surface area contributed by atoms with Crippen LogP contribution in [0.25, 0.3) is 11.3 Å². The van der Waals surface area contributed by atoms with Gasteiger partial charge in [-0.15, -0.1) is 0 Å². The van der Waals surface area contributed by atoms with E-state index in [1.54, 1.807) is 7.11 Å². The lowest BCUT2D eigenvalue weighted by molar-refractivity contribution is -0.126. The molecule has 3 aromatic rings. The zero-order valence-corrected chi connectivity index (χ0v) is 23.9. The third-order valence-corrected chi connectivity index (χ3v) is 8.41. The third-order valence-electron chi connectivity index (χ3n) is 8.41. The van der Waals surface area contributed by atoms with Crippen LogP contribution in [0.3, 0.4) is 0 Å². The summed E-state index contributed by atoms with van der Waals surface area (Å²) in [5, 5.41) is 6.61. The molecular weight excluding hydrogens is 516 g/mol. The fourth-order valence-corrected chi connectivity index (χ4v) is 6.13. The van der Waals surface area contributed by atoms with Crippen molar-refractivity contribution in [3.63, 3.8) is 0 Å². The Morgan fingerprint density at radius 1 is 0.976 bits per heavy atom. The molecule has 1 aromatic heterocycles. The number of methoxy groups -OCH3 is 1. The molecule has 0 unspecified atom stereocenters. The molecule has 8 bridgehead atoms. The van der Waals surface area contributed by atoms with E-state index in [4.69, 9.17) is 14.5 Å². The van der Waals surface area contributed by atoms with Crippen LogP contribution >= 0.6 is 0 Å². The molecule has 9 heteroatoms. The molecule has 7 rings (SSSR count). The van der Waals surface area contributed by atoms with Crippen molar-refractivity contribution in [3.8, 4) is 17.0 Å². The van der Waals surface area contributed by atoms with E-state index in [1.807, 2.05) is 24.4 Å². The van der Waals surface area contributed by atoms with E-state index >= 15 is 0 Å². The van der Waals surface area contributed by atoms with E-state index in [2.05, 4.69) is 49.7 Å². The van der Waals surface area contributed by atoms with Crippen molar-refractivity contribution in [1.29, 1.82) is 0 Å². The van der Waals surface area contributed by atoms with Crippen LogP contribution in [0.2, 0.25) is 0 Å². The SMILES string of the molecule is COc1ccc2cc1CNCCNC(=O)C1CCN(CC1)Cc1cc(ccc1N1CCOCC1)Cc1nccc-2n1. The number of piperidine rings is 1. The van der Waals surface area contributed by atoms with Crippen LogP contribution in [0.1, 0.15) is 35.4 Å². The number of fused-ring (bicyclic) bond motifs is 7. The molecule has 0 spiro atoms. The summed E-state index contributed by atoms with van der Waals surface area (Å²) >= 11 is 0. The number of benzene rings is 2. The Kier molecular flexibility index (Phi) is 8.74. The van der Waals surface area contributed by atoms with Crippen molar-refractivity contribution in [2.24, 2.45) is 5.92 Å². The molecule has 5 heterocycles. The van der Waals surface area contributed by atoms with E-state index in [0.717, 1.165) is 87.2 Å². The van der Waals surface area contributed by atoms with Gasteiger partial charge in [0, 0.05) is 74.6 Å². The van der Waals surface area contributed by atoms with Crippen LogP contribution in [-0.2, 0) is 29.0 Å². The van der Waals surface area contributed by atoms with Gasteiger partial charge in [-0.2, -0.15) is 0 Å². The molecule has 2 aromatic carbocycles. The smallest absolute Gasteiger partial charge is 0.223 e. The lowest BCUT2D eigenvalue weighted by Crippen LogP contribution is -2.42. The van der Waals surface area contributed by atoms with Crippen molar-refractivity contribution >= 4 is 11.6 Å². The average molecular weight is 557 g/mol. The minimum Gasteiger partial charge on any atom is -0.496 e. The molecule has 0 atom stereocenters. The number of morpholine rings is 1. The Hall–Kier alpha value is -3.53. The van der Waals surface area contributed by atoms with Gasteiger partial charge in [0.25, 0.3) is 0 Å². The Labute approximate surface area is 242 Å². The number of carbonyl (C=O) groups is 1. The topological polar surface area (TPSA) is 91.9 Å². The zero-order chi connectivity index (χ0) is 28.0. The summed E-state index contributed by atoms with van der Waals surface area (Å²) < 4.78 is 11.3.